The third-order valence-electron chi connectivity index (χ3n) is 3.12. The van der Waals surface area contributed by atoms with Gasteiger partial charge in [-0.25, -0.2) is 0 Å². The van der Waals surface area contributed by atoms with E-state index < -0.39 is 0 Å². The van der Waals surface area contributed by atoms with Crippen LogP contribution in [0.5, 0.6) is 0 Å². The van der Waals surface area contributed by atoms with Crippen molar-refractivity contribution in [1.82, 2.24) is 0 Å². The summed E-state index contributed by atoms with van der Waals surface area (Å²) in [5.74, 6) is -0.158. The van der Waals surface area contributed by atoms with E-state index in [1.54, 1.807) is 0 Å². The molecule has 1 aromatic carbocycles. The summed E-state index contributed by atoms with van der Waals surface area (Å²) in [6, 6.07) is 9.98. The number of halogens is 1. The molecule has 0 aliphatic carbocycles. The molecule has 20 heavy (non-hydrogen) atoms. The lowest BCUT2D eigenvalue weighted by molar-refractivity contribution is -0.152. The van der Waals surface area contributed by atoms with Crippen LogP contribution in [0.2, 0.25) is 0 Å². The fourth-order valence-corrected chi connectivity index (χ4v) is 2.48. The van der Waals surface area contributed by atoms with E-state index in [1.165, 1.54) is 0 Å². The van der Waals surface area contributed by atoms with E-state index in [4.69, 9.17) is 9.47 Å². The van der Waals surface area contributed by atoms with Crippen molar-refractivity contribution in [2.45, 2.75) is 36.8 Å². The predicted octanol–water partition coefficient (Wildman–Crippen LogP) is 3.62. The molecule has 0 radical (unpaired) electrons. The van der Waals surface area contributed by atoms with Crippen molar-refractivity contribution >= 4 is 21.9 Å². The van der Waals surface area contributed by atoms with E-state index in [0.29, 0.717) is 19.6 Å². The van der Waals surface area contributed by atoms with Crippen molar-refractivity contribution in [3.8, 4) is 0 Å². The van der Waals surface area contributed by atoms with Crippen LogP contribution in [0.4, 0.5) is 0 Å². The second-order valence-electron chi connectivity index (χ2n) is 4.79. The lowest BCUT2D eigenvalue weighted by atomic mass is 10.2. The van der Waals surface area contributed by atoms with Gasteiger partial charge < -0.3 is 9.47 Å². The zero-order valence-corrected chi connectivity index (χ0v) is 12.9. The van der Waals surface area contributed by atoms with Crippen molar-refractivity contribution in [2.24, 2.45) is 0 Å². The number of allylic oxidation sites excluding steroid dienone is 2. The molecule has 0 saturated carbocycles. The predicted molar refractivity (Wildman–Crippen MR) is 81.7 cm³/mol. The number of hydrogen-bond donors (Lipinski definition) is 0. The fraction of sp³-hybridized carbons (Fsp3) is 0.438. The minimum atomic E-state index is -0.242. The van der Waals surface area contributed by atoms with Crippen LogP contribution >= 0.6 is 15.9 Å². The van der Waals surface area contributed by atoms with Gasteiger partial charge in [0.1, 0.15) is 6.10 Å². The van der Waals surface area contributed by atoms with Crippen LogP contribution in [0.1, 0.15) is 24.8 Å². The quantitative estimate of drug-likeness (QED) is 0.478. The molecule has 0 aromatic heterocycles. The SMILES string of the molecule is O=C1CC/C=C\C[C@@H](Br)[C@@H](COCc2ccccc2)O1. The Balaban J connectivity index is 1.85. The van der Waals surface area contributed by atoms with Gasteiger partial charge in [0.15, 0.2) is 0 Å². The third kappa shape index (κ3) is 5.10. The molecule has 0 amide bonds. The van der Waals surface area contributed by atoms with Gasteiger partial charge in [-0.15, -0.1) is 0 Å². The molecule has 108 valence electrons. The molecule has 0 bridgehead atoms. The highest BCUT2D eigenvalue weighted by atomic mass is 79.9. The molecule has 0 spiro atoms. The number of cyclic esters (lactones) is 1. The molecular formula is C16H19BrO3. The lowest BCUT2D eigenvalue weighted by Gasteiger charge is -2.21. The van der Waals surface area contributed by atoms with E-state index in [2.05, 4.69) is 22.0 Å². The number of esters is 1. The second-order valence-corrected chi connectivity index (χ2v) is 5.97. The van der Waals surface area contributed by atoms with Crippen LogP contribution < -0.4 is 0 Å². The molecule has 1 aliphatic rings. The number of alkyl halides is 1. The van der Waals surface area contributed by atoms with Crippen molar-refractivity contribution in [3.05, 3.63) is 48.0 Å². The fourth-order valence-electron chi connectivity index (χ4n) is 2.00. The summed E-state index contributed by atoms with van der Waals surface area (Å²) in [6.07, 6.45) is 5.90. The van der Waals surface area contributed by atoms with E-state index in [0.717, 1.165) is 18.4 Å². The van der Waals surface area contributed by atoms with Gasteiger partial charge in [0, 0.05) is 6.42 Å². The Kier molecular flexibility index (Phi) is 6.27. The molecule has 3 nitrogen and oxygen atoms in total. The summed E-state index contributed by atoms with van der Waals surface area (Å²) in [4.78, 5) is 11.7. The summed E-state index contributed by atoms with van der Waals surface area (Å²) in [5.41, 5.74) is 1.12. The van der Waals surface area contributed by atoms with Crippen LogP contribution in [-0.4, -0.2) is 23.5 Å². The number of rotatable bonds is 4. The summed E-state index contributed by atoms with van der Waals surface area (Å²) in [7, 11) is 0. The first-order valence-corrected chi connectivity index (χ1v) is 7.77. The maximum atomic E-state index is 11.6. The Morgan fingerprint density at radius 3 is 2.85 bits per heavy atom. The molecule has 2 atom stereocenters. The highest BCUT2D eigenvalue weighted by Gasteiger charge is 2.23. The Morgan fingerprint density at radius 2 is 2.05 bits per heavy atom. The van der Waals surface area contributed by atoms with Crippen LogP contribution in [0.15, 0.2) is 42.5 Å². The first-order valence-electron chi connectivity index (χ1n) is 6.86. The molecule has 0 saturated heterocycles. The zero-order valence-electron chi connectivity index (χ0n) is 11.3. The zero-order chi connectivity index (χ0) is 14.2. The standard InChI is InChI=1S/C16H19BrO3/c17-14-9-5-2-6-10-16(18)20-15(14)12-19-11-13-7-3-1-4-8-13/h1-5,7-8,14-15H,6,9-12H2/b5-2-/t14-,15-/m1/s1. The van der Waals surface area contributed by atoms with E-state index in [9.17, 15) is 4.79 Å². The van der Waals surface area contributed by atoms with Gasteiger partial charge in [-0.2, -0.15) is 0 Å². The Bertz CT molecular complexity index is 444. The van der Waals surface area contributed by atoms with Crippen molar-refractivity contribution < 1.29 is 14.3 Å². The summed E-state index contributed by atoms with van der Waals surface area (Å²) >= 11 is 3.58. The number of carbonyl (C=O) groups excluding carboxylic acids is 1. The molecule has 0 fully saturated rings. The summed E-state index contributed by atoms with van der Waals surface area (Å²) in [6.45, 7) is 0.939. The number of carbonyl (C=O) groups is 1. The minimum Gasteiger partial charge on any atom is -0.459 e. The van der Waals surface area contributed by atoms with Gasteiger partial charge >= 0.3 is 5.97 Å². The van der Waals surface area contributed by atoms with Gasteiger partial charge in [0.2, 0.25) is 0 Å². The molecule has 4 heteroatoms. The third-order valence-corrected chi connectivity index (χ3v) is 4.09. The average Bonchev–Trinajstić information content (AvgIpc) is 2.53. The molecule has 1 heterocycles. The number of hydrogen-bond acceptors (Lipinski definition) is 3. The summed E-state index contributed by atoms with van der Waals surface area (Å²) < 4.78 is 11.2. The Hall–Kier alpha value is -1.13. The minimum absolute atomic E-state index is 0.0940. The normalized spacial score (nSPS) is 25.1. The van der Waals surface area contributed by atoms with Crippen LogP contribution in [0, 0.1) is 0 Å². The second kappa shape index (κ2) is 8.22. The van der Waals surface area contributed by atoms with Crippen LogP contribution in [0.25, 0.3) is 0 Å². The highest BCUT2D eigenvalue weighted by molar-refractivity contribution is 9.09. The van der Waals surface area contributed by atoms with Gasteiger partial charge in [-0.3, -0.25) is 4.79 Å². The van der Waals surface area contributed by atoms with Gasteiger partial charge in [0.25, 0.3) is 0 Å². The van der Waals surface area contributed by atoms with Gasteiger partial charge in [-0.05, 0) is 18.4 Å². The van der Waals surface area contributed by atoms with Crippen molar-refractivity contribution in [2.75, 3.05) is 6.61 Å². The maximum absolute atomic E-state index is 11.6. The highest BCUT2D eigenvalue weighted by Crippen LogP contribution is 2.18. The molecule has 1 aromatic rings. The van der Waals surface area contributed by atoms with Crippen LogP contribution in [0.3, 0.4) is 0 Å². The van der Waals surface area contributed by atoms with Crippen molar-refractivity contribution in [3.63, 3.8) is 0 Å². The number of benzene rings is 1. The first-order chi connectivity index (χ1) is 9.75. The first kappa shape index (κ1) is 15.3. The van der Waals surface area contributed by atoms with Gasteiger partial charge in [0.05, 0.1) is 18.0 Å². The average molecular weight is 339 g/mol. The molecule has 2 rings (SSSR count). The van der Waals surface area contributed by atoms with Crippen molar-refractivity contribution in [1.29, 1.82) is 0 Å². The Labute approximate surface area is 128 Å². The maximum Gasteiger partial charge on any atom is 0.306 e. The van der Waals surface area contributed by atoms with E-state index in [1.807, 2.05) is 36.4 Å². The monoisotopic (exact) mass is 338 g/mol. The summed E-state index contributed by atoms with van der Waals surface area (Å²) in [5, 5.41) is 0. The van der Waals surface area contributed by atoms with Gasteiger partial charge in [-0.1, -0.05) is 58.4 Å². The molecule has 0 unspecified atom stereocenters. The van der Waals surface area contributed by atoms with E-state index in [-0.39, 0.29) is 16.9 Å². The molecule has 0 N–H and O–H groups in total. The Morgan fingerprint density at radius 1 is 1.25 bits per heavy atom. The van der Waals surface area contributed by atoms with E-state index >= 15 is 0 Å². The topological polar surface area (TPSA) is 35.5 Å². The van der Waals surface area contributed by atoms with Crippen LogP contribution in [-0.2, 0) is 20.9 Å². The largest absolute Gasteiger partial charge is 0.459 e. The smallest absolute Gasteiger partial charge is 0.306 e. The molecule has 1 aliphatic heterocycles. The number of ether oxygens (including phenoxy) is 2. The lowest BCUT2D eigenvalue weighted by Crippen LogP contribution is -2.31. The molecular weight excluding hydrogens is 320 g/mol.